The van der Waals surface area contributed by atoms with E-state index >= 15 is 0 Å². The van der Waals surface area contributed by atoms with Crippen molar-refractivity contribution in [2.75, 3.05) is 13.9 Å². The van der Waals surface area contributed by atoms with Gasteiger partial charge in [0.15, 0.2) is 11.5 Å². The van der Waals surface area contributed by atoms with Crippen LogP contribution in [0.1, 0.15) is 37.7 Å². The van der Waals surface area contributed by atoms with Crippen LogP contribution in [0.5, 0.6) is 11.5 Å². The highest BCUT2D eigenvalue weighted by molar-refractivity contribution is 5.69. The molecule has 2 atom stereocenters. The van der Waals surface area contributed by atoms with Gasteiger partial charge in [-0.2, -0.15) is 0 Å². The Balaban J connectivity index is 1.90. The van der Waals surface area contributed by atoms with E-state index in [-0.39, 0.29) is 18.7 Å². The van der Waals surface area contributed by atoms with Gasteiger partial charge in [-0.15, -0.1) is 0 Å². The van der Waals surface area contributed by atoms with Crippen LogP contribution in [0.15, 0.2) is 18.2 Å². The molecule has 2 N–H and O–H groups in total. The van der Waals surface area contributed by atoms with Crippen molar-refractivity contribution in [3.05, 3.63) is 23.8 Å². The van der Waals surface area contributed by atoms with Crippen molar-refractivity contribution < 1.29 is 19.0 Å². The van der Waals surface area contributed by atoms with E-state index < -0.39 is 5.54 Å². The van der Waals surface area contributed by atoms with E-state index in [0.29, 0.717) is 6.42 Å². The van der Waals surface area contributed by atoms with E-state index in [1.54, 1.807) is 0 Å². The molecular weight excluding hydrogens is 270 g/mol. The Morgan fingerprint density at radius 2 is 2.19 bits per heavy atom. The standard InChI is InChI=1S/C16H21NO4/c1-19-15(18)9-11-4-2-3-7-16(11,17)12-5-6-13-14(8-12)21-10-20-13/h5-6,8,11H,2-4,7,9-10,17H2,1H3/t11-,16+/m1/s1. The van der Waals surface area contributed by atoms with Crippen LogP contribution in [0.25, 0.3) is 0 Å². The molecule has 2 aliphatic rings. The van der Waals surface area contributed by atoms with Crippen molar-refractivity contribution in [3.8, 4) is 11.5 Å². The van der Waals surface area contributed by atoms with E-state index in [2.05, 4.69) is 0 Å². The van der Waals surface area contributed by atoms with Gasteiger partial charge < -0.3 is 19.9 Å². The lowest BCUT2D eigenvalue weighted by Crippen LogP contribution is -2.47. The van der Waals surface area contributed by atoms with Crippen molar-refractivity contribution in [1.82, 2.24) is 0 Å². The Labute approximate surface area is 124 Å². The Morgan fingerprint density at radius 3 is 3.00 bits per heavy atom. The van der Waals surface area contributed by atoms with Gasteiger partial charge in [-0.05, 0) is 36.5 Å². The molecule has 114 valence electrons. The molecule has 1 aromatic carbocycles. The maximum atomic E-state index is 11.7. The second-order valence-electron chi connectivity index (χ2n) is 5.83. The van der Waals surface area contributed by atoms with E-state index in [4.69, 9.17) is 19.9 Å². The van der Waals surface area contributed by atoms with Gasteiger partial charge in [-0.3, -0.25) is 4.79 Å². The summed E-state index contributed by atoms with van der Waals surface area (Å²) in [5.74, 6) is 1.39. The summed E-state index contributed by atoms with van der Waals surface area (Å²) < 4.78 is 15.6. The minimum atomic E-state index is -0.507. The Hall–Kier alpha value is -1.75. The summed E-state index contributed by atoms with van der Waals surface area (Å²) in [6.45, 7) is 0.252. The van der Waals surface area contributed by atoms with E-state index in [1.165, 1.54) is 7.11 Å². The first kappa shape index (κ1) is 14.2. The zero-order chi connectivity index (χ0) is 14.9. The van der Waals surface area contributed by atoms with Crippen LogP contribution in [0.3, 0.4) is 0 Å². The Kier molecular flexibility index (Phi) is 3.76. The highest BCUT2D eigenvalue weighted by Gasteiger charge is 2.40. The monoisotopic (exact) mass is 291 g/mol. The summed E-state index contributed by atoms with van der Waals surface area (Å²) in [4.78, 5) is 11.7. The zero-order valence-electron chi connectivity index (χ0n) is 12.3. The maximum Gasteiger partial charge on any atom is 0.305 e. The molecule has 21 heavy (non-hydrogen) atoms. The zero-order valence-corrected chi connectivity index (χ0v) is 12.3. The first-order valence-corrected chi connectivity index (χ1v) is 7.39. The molecule has 1 heterocycles. The summed E-state index contributed by atoms with van der Waals surface area (Å²) in [6.07, 6.45) is 4.35. The summed E-state index contributed by atoms with van der Waals surface area (Å²) in [6, 6.07) is 5.84. The van der Waals surface area contributed by atoms with Crippen LogP contribution in [0.4, 0.5) is 0 Å². The summed E-state index contributed by atoms with van der Waals surface area (Å²) >= 11 is 0. The molecule has 1 aliphatic heterocycles. The number of rotatable bonds is 3. The van der Waals surface area contributed by atoms with Gasteiger partial charge in [0.2, 0.25) is 6.79 Å². The highest BCUT2D eigenvalue weighted by atomic mass is 16.7. The van der Waals surface area contributed by atoms with Gasteiger partial charge in [-0.25, -0.2) is 0 Å². The molecule has 0 spiro atoms. The average Bonchev–Trinajstić information content (AvgIpc) is 2.97. The number of carbonyl (C=O) groups excluding carboxylic acids is 1. The molecule has 1 saturated carbocycles. The van der Waals surface area contributed by atoms with E-state index in [0.717, 1.165) is 42.7 Å². The van der Waals surface area contributed by atoms with Crippen LogP contribution >= 0.6 is 0 Å². The third-order valence-electron chi connectivity index (χ3n) is 4.67. The fourth-order valence-corrected chi connectivity index (χ4v) is 3.40. The Bertz CT molecular complexity index is 545. The number of nitrogens with two attached hydrogens (primary N) is 1. The van der Waals surface area contributed by atoms with Crippen LogP contribution in [0, 0.1) is 5.92 Å². The van der Waals surface area contributed by atoms with E-state index in [9.17, 15) is 4.79 Å². The molecule has 0 radical (unpaired) electrons. The fourth-order valence-electron chi connectivity index (χ4n) is 3.40. The molecule has 0 saturated heterocycles. The van der Waals surface area contributed by atoms with Crippen molar-refractivity contribution in [3.63, 3.8) is 0 Å². The number of ether oxygens (including phenoxy) is 3. The predicted molar refractivity (Wildman–Crippen MR) is 77.0 cm³/mol. The quantitative estimate of drug-likeness (QED) is 0.865. The smallest absolute Gasteiger partial charge is 0.305 e. The predicted octanol–water partition coefficient (Wildman–Crippen LogP) is 2.32. The third kappa shape index (κ3) is 2.58. The summed E-state index contributed by atoms with van der Waals surface area (Å²) in [5, 5.41) is 0. The molecular formula is C16H21NO4. The van der Waals surface area contributed by atoms with Crippen molar-refractivity contribution >= 4 is 5.97 Å². The molecule has 1 aromatic rings. The molecule has 0 unspecified atom stereocenters. The normalized spacial score (nSPS) is 27.4. The lowest BCUT2D eigenvalue weighted by molar-refractivity contribution is -0.142. The molecule has 1 aliphatic carbocycles. The fraction of sp³-hybridized carbons (Fsp3) is 0.562. The largest absolute Gasteiger partial charge is 0.469 e. The number of benzene rings is 1. The van der Waals surface area contributed by atoms with Gasteiger partial charge in [0.1, 0.15) is 0 Å². The lowest BCUT2D eigenvalue weighted by Gasteiger charge is -2.41. The number of carbonyl (C=O) groups is 1. The average molecular weight is 291 g/mol. The summed E-state index contributed by atoms with van der Waals surface area (Å²) in [7, 11) is 1.42. The molecule has 0 amide bonds. The van der Waals surface area contributed by atoms with Gasteiger partial charge in [-0.1, -0.05) is 18.9 Å². The number of hydrogen-bond donors (Lipinski definition) is 1. The second kappa shape index (κ2) is 5.56. The Morgan fingerprint density at radius 1 is 1.38 bits per heavy atom. The van der Waals surface area contributed by atoms with Crippen LogP contribution in [0.2, 0.25) is 0 Å². The number of methoxy groups -OCH3 is 1. The molecule has 0 aromatic heterocycles. The lowest BCUT2D eigenvalue weighted by atomic mass is 9.68. The number of fused-ring (bicyclic) bond motifs is 1. The minimum Gasteiger partial charge on any atom is -0.469 e. The topological polar surface area (TPSA) is 70.8 Å². The highest BCUT2D eigenvalue weighted by Crippen LogP contribution is 2.44. The second-order valence-corrected chi connectivity index (χ2v) is 5.83. The first-order chi connectivity index (χ1) is 10.1. The van der Waals surface area contributed by atoms with E-state index in [1.807, 2.05) is 18.2 Å². The van der Waals surface area contributed by atoms with Crippen LogP contribution in [-0.2, 0) is 15.1 Å². The minimum absolute atomic E-state index is 0.0964. The van der Waals surface area contributed by atoms with Gasteiger partial charge in [0.25, 0.3) is 0 Å². The molecule has 1 fully saturated rings. The molecule has 5 nitrogen and oxygen atoms in total. The SMILES string of the molecule is COC(=O)C[C@H]1CCCC[C@@]1(N)c1ccc2c(c1)OCO2. The van der Waals surface area contributed by atoms with Gasteiger partial charge >= 0.3 is 5.97 Å². The third-order valence-corrected chi connectivity index (χ3v) is 4.67. The van der Waals surface area contributed by atoms with Gasteiger partial charge in [0.05, 0.1) is 13.5 Å². The number of esters is 1. The van der Waals surface area contributed by atoms with Crippen LogP contribution < -0.4 is 15.2 Å². The van der Waals surface area contributed by atoms with Crippen LogP contribution in [-0.4, -0.2) is 19.9 Å². The summed E-state index contributed by atoms with van der Waals surface area (Å²) in [5.41, 5.74) is 7.23. The molecule has 0 bridgehead atoms. The van der Waals surface area contributed by atoms with Crippen molar-refractivity contribution in [2.45, 2.75) is 37.6 Å². The number of hydrogen-bond acceptors (Lipinski definition) is 5. The van der Waals surface area contributed by atoms with Gasteiger partial charge in [0, 0.05) is 5.54 Å². The molecule has 3 rings (SSSR count). The van der Waals surface area contributed by atoms with Crippen molar-refractivity contribution in [2.24, 2.45) is 11.7 Å². The molecule has 5 heteroatoms. The van der Waals surface area contributed by atoms with Crippen molar-refractivity contribution in [1.29, 1.82) is 0 Å². The maximum absolute atomic E-state index is 11.7. The first-order valence-electron chi connectivity index (χ1n) is 7.39.